The molecule has 7 heteroatoms. The minimum absolute atomic E-state index is 0.0828. The van der Waals surface area contributed by atoms with E-state index < -0.39 is 0 Å². The number of aromatic nitrogens is 1. The summed E-state index contributed by atoms with van der Waals surface area (Å²) in [6.45, 7) is 2.52. The van der Waals surface area contributed by atoms with Crippen LogP contribution in [-0.2, 0) is 17.7 Å². The number of benzene rings is 2. The molecule has 0 spiro atoms. The third-order valence-corrected chi connectivity index (χ3v) is 6.41. The molecule has 2 N–H and O–H groups in total. The summed E-state index contributed by atoms with van der Waals surface area (Å²) >= 11 is 0. The Kier molecular flexibility index (Phi) is 5.31. The lowest BCUT2D eigenvalue weighted by Gasteiger charge is -2.35. The molecule has 1 unspecified atom stereocenters. The molecule has 1 fully saturated rings. The van der Waals surface area contributed by atoms with Crippen molar-refractivity contribution in [3.63, 3.8) is 0 Å². The molecule has 0 aliphatic carbocycles. The van der Waals surface area contributed by atoms with Crippen LogP contribution in [0.3, 0.4) is 0 Å². The second kappa shape index (κ2) is 8.76. The number of rotatable bonds is 5. The van der Waals surface area contributed by atoms with Crippen molar-refractivity contribution in [3.8, 4) is 11.5 Å². The van der Waals surface area contributed by atoms with Gasteiger partial charge in [-0.15, -0.1) is 0 Å². The summed E-state index contributed by atoms with van der Waals surface area (Å²) in [5.74, 6) is 1.73. The van der Waals surface area contributed by atoms with Crippen molar-refractivity contribution in [1.82, 2.24) is 4.98 Å². The van der Waals surface area contributed by atoms with Crippen molar-refractivity contribution in [3.05, 3.63) is 106 Å². The zero-order chi connectivity index (χ0) is 22.9. The number of H-pyrrole nitrogens is 1. The maximum Gasteiger partial charge on any atom is 0.271 e. The summed E-state index contributed by atoms with van der Waals surface area (Å²) in [4.78, 5) is 17.1. The summed E-state index contributed by atoms with van der Waals surface area (Å²) < 4.78 is 17.7. The monoisotopic (exact) mass is 455 g/mol. The minimum atomic E-state index is -0.180. The number of hydrogen-bond donors (Lipinski definition) is 2. The molecular formula is C27H25N3O4. The number of nitrogens with zero attached hydrogens (tertiary/aromatic N) is 1. The third kappa shape index (κ3) is 3.95. The van der Waals surface area contributed by atoms with E-state index in [4.69, 9.17) is 13.9 Å². The van der Waals surface area contributed by atoms with Gasteiger partial charge in [0.1, 0.15) is 23.3 Å². The molecule has 34 heavy (non-hydrogen) atoms. The van der Waals surface area contributed by atoms with Crippen LogP contribution in [0.2, 0.25) is 0 Å². The lowest BCUT2D eigenvalue weighted by atomic mass is 9.95. The molecule has 7 nitrogen and oxygen atoms in total. The second-order valence-electron chi connectivity index (χ2n) is 8.61. The SMILES string of the molecule is O=c1[nH]cccc1N1CCOC(c2cccc3c2Oc2ccc(NCc4ccoc4)cc2C3)C1. The molecule has 2 aromatic carbocycles. The largest absolute Gasteiger partial charge is 0.472 e. The highest BCUT2D eigenvalue weighted by atomic mass is 16.5. The fourth-order valence-corrected chi connectivity index (χ4v) is 4.68. The Hall–Kier alpha value is -3.97. The molecule has 4 heterocycles. The molecule has 2 aromatic heterocycles. The molecule has 1 saturated heterocycles. The van der Waals surface area contributed by atoms with E-state index in [-0.39, 0.29) is 11.7 Å². The van der Waals surface area contributed by atoms with Gasteiger partial charge in [-0.25, -0.2) is 0 Å². The molecule has 0 radical (unpaired) electrons. The Morgan fingerprint density at radius 2 is 2.06 bits per heavy atom. The lowest BCUT2D eigenvalue weighted by molar-refractivity contribution is 0.0383. The Morgan fingerprint density at radius 3 is 2.94 bits per heavy atom. The van der Waals surface area contributed by atoms with Gasteiger partial charge in [-0.3, -0.25) is 4.79 Å². The van der Waals surface area contributed by atoms with Crippen LogP contribution in [-0.4, -0.2) is 24.7 Å². The van der Waals surface area contributed by atoms with Gasteiger partial charge in [0, 0.05) is 54.6 Å². The quantitative estimate of drug-likeness (QED) is 0.394. The van der Waals surface area contributed by atoms with E-state index in [1.807, 2.05) is 30.3 Å². The molecule has 6 rings (SSSR count). The number of nitrogens with one attached hydrogen (secondary N) is 2. The van der Waals surface area contributed by atoms with Gasteiger partial charge in [0.2, 0.25) is 0 Å². The van der Waals surface area contributed by atoms with Crippen molar-refractivity contribution in [1.29, 1.82) is 0 Å². The zero-order valence-electron chi connectivity index (χ0n) is 18.6. The molecule has 172 valence electrons. The van der Waals surface area contributed by atoms with E-state index in [9.17, 15) is 4.79 Å². The minimum Gasteiger partial charge on any atom is -0.472 e. The summed E-state index contributed by atoms with van der Waals surface area (Å²) in [6.07, 6.45) is 5.68. The average Bonchev–Trinajstić information content (AvgIpc) is 3.40. The maximum absolute atomic E-state index is 12.3. The van der Waals surface area contributed by atoms with Gasteiger partial charge < -0.3 is 29.1 Å². The van der Waals surface area contributed by atoms with Gasteiger partial charge in [-0.1, -0.05) is 18.2 Å². The number of aromatic amines is 1. The standard InChI is InChI=1S/C27H25N3O4/c31-27-23(5-2-9-28-27)30-10-12-33-25(16-30)22-4-1-3-19-13-20-14-21(6-7-24(20)34-26(19)22)29-15-18-8-11-32-17-18/h1-9,11,14,17,25,29H,10,12-13,15-16H2,(H,28,31). The van der Waals surface area contributed by atoms with Crippen molar-refractivity contribution in [2.75, 3.05) is 29.9 Å². The predicted octanol–water partition coefficient (Wildman–Crippen LogP) is 4.85. The topological polar surface area (TPSA) is 79.7 Å². The highest BCUT2D eigenvalue weighted by Crippen LogP contribution is 2.43. The number of hydrogen-bond acceptors (Lipinski definition) is 6. The Labute approximate surface area is 196 Å². The summed E-state index contributed by atoms with van der Waals surface area (Å²) in [6, 6.07) is 18.1. The van der Waals surface area contributed by atoms with Crippen LogP contribution >= 0.6 is 0 Å². The average molecular weight is 456 g/mol. The van der Waals surface area contributed by atoms with Crippen molar-refractivity contribution in [2.24, 2.45) is 0 Å². The van der Waals surface area contributed by atoms with Crippen LogP contribution in [0.5, 0.6) is 11.5 Å². The van der Waals surface area contributed by atoms with Crippen molar-refractivity contribution < 1.29 is 13.9 Å². The Balaban J connectivity index is 1.23. The Morgan fingerprint density at radius 1 is 1.09 bits per heavy atom. The first-order valence-corrected chi connectivity index (χ1v) is 11.5. The number of pyridine rings is 1. The summed E-state index contributed by atoms with van der Waals surface area (Å²) in [7, 11) is 0. The van der Waals surface area contributed by atoms with Crippen LogP contribution in [0.1, 0.15) is 28.4 Å². The van der Waals surface area contributed by atoms with E-state index in [1.165, 1.54) is 0 Å². The number of ether oxygens (including phenoxy) is 2. The molecule has 0 amide bonds. The number of morpholine rings is 1. The van der Waals surface area contributed by atoms with Gasteiger partial charge in [0.25, 0.3) is 5.56 Å². The number of fused-ring (bicyclic) bond motifs is 2. The molecule has 1 atom stereocenters. The van der Waals surface area contributed by atoms with Crippen LogP contribution in [0.15, 0.2) is 82.5 Å². The first-order chi connectivity index (χ1) is 16.7. The van der Waals surface area contributed by atoms with Crippen LogP contribution in [0.25, 0.3) is 0 Å². The first kappa shape index (κ1) is 20.6. The highest BCUT2D eigenvalue weighted by molar-refractivity contribution is 5.59. The van der Waals surface area contributed by atoms with E-state index in [0.29, 0.717) is 31.9 Å². The first-order valence-electron chi connectivity index (χ1n) is 11.5. The molecule has 0 bridgehead atoms. The van der Waals surface area contributed by atoms with Gasteiger partial charge >= 0.3 is 0 Å². The number of anilines is 2. The van der Waals surface area contributed by atoms with Crippen LogP contribution in [0, 0.1) is 0 Å². The molecule has 2 aliphatic heterocycles. The molecule has 4 aromatic rings. The van der Waals surface area contributed by atoms with Gasteiger partial charge in [-0.05, 0) is 42.0 Å². The zero-order valence-corrected chi connectivity index (χ0v) is 18.6. The smallest absolute Gasteiger partial charge is 0.271 e. The van der Waals surface area contributed by atoms with Crippen LogP contribution in [0.4, 0.5) is 11.4 Å². The normalized spacial score (nSPS) is 16.9. The second-order valence-corrected chi connectivity index (χ2v) is 8.61. The fourth-order valence-electron chi connectivity index (χ4n) is 4.68. The molecule has 2 aliphatic rings. The van der Waals surface area contributed by atoms with Crippen molar-refractivity contribution >= 4 is 11.4 Å². The number of furan rings is 1. The predicted molar refractivity (Wildman–Crippen MR) is 130 cm³/mol. The van der Waals surface area contributed by atoms with E-state index in [1.54, 1.807) is 18.7 Å². The van der Waals surface area contributed by atoms with Crippen LogP contribution < -0.4 is 20.5 Å². The summed E-state index contributed by atoms with van der Waals surface area (Å²) in [5.41, 5.74) is 6.02. The van der Waals surface area contributed by atoms with E-state index in [0.717, 1.165) is 45.9 Å². The van der Waals surface area contributed by atoms with Gasteiger partial charge in [0.05, 0.1) is 19.1 Å². The lowest BCUT2D eigenvalue weighted by Crippen LogP contribution is -2.41. The third-order valence-electron chi connectivity index (χ3n) is 6.41. The van der Waals surface area contributed by atoms with E-state index in [2.05, 4.69) is 39.5 Å². The van der Waals surface area contributed by atoms with Crippen molar-refractivity contribution in [2.45, 2.75) is 19.1 Å². The Bertz CT molecular complexity index is 1360. The summed E-state index contributed by atoms with van der Waals surface area (Å²) in [5, 5.41) is 3.44. The highest BCUT2D eigenvalue weighted by Gasteiger charge is 2.29. The van der Waals surface area contributed by atoms with Gasteiger partial charge in [0.15, 0.2) is 0 Å². The molecular weight excluding hydrogens is 430 g/mol. The fraction of sp³-hybridized carbons (Fsp3) is 0.222. The maximum atomic E-state index is 12.3. The van der Waals surface area contributed by atoms with Gasteiger partial charge in [-0.2, -0.15) is 0 Å². The number of para-hydroxylation sites is 1. The van der Waals surface area contributed by atoms with E-state index >= 15 is 0 Å². The molecule has 0 saturated carbocycles.